The van der Waals surface area contributed by atoms with E-state index in [-0.39, 0.29) is 11.2 Å². The minimum Gasteiger partial charge on any atom is -0.357 e. The molecule has 0 aromatic rings. The highest BCUT2D eigenvalue weighted by Gasteiger charge is 2.20. The Hall–Kier alpha value is -1.04. The van der Waals surface area contributed by atoms with E-state index in [4.69, 9.17) is 4.99 Å². The number of aliphatic imine (C=N–C) groups is 1. The Morgan fingerprint density at radius 1 is 1.29 bits per heavy atom. The van der Waals surface area contributed by atoms with Gasteiger partial charge in [0, 0.05) is 32.9 Å². The molecule has 0 bridgehead atoms. The van der Waals surface area contributed by atoms with Crippen LogP contribution in [0.3, 0.4) is 0 Å². The molecule has 1 N–H and O–H groups in total. The summed E-state index contributed by atoms with van der Waals surface area (Å²) in [6.45, 7) is 12.3. The first-order valence-corrected chi connectivity index (χ1v) is 11.0. The Labute approximate surface area is 149 Å². The standard InChI is InChI=1S/C18H37N3O2S/c1-7-9-10-11-12-14-21(5)17(19-8-2)20-16-18(3,4)13-15-24(6,22)23/h7H,1,8-16H2,2-6H3,(H,19,20). The number of rotatable bonds is 12. The first kappa shape index (κ1) is 23.0. The van der Waals surface area contributed by atoms with Gasteiger partial charge in [-0.1, -0.05) is 26.3 Å². The molecule has 0 radical (unpaired) electrons. The van der Waals surface area contributed by atoms with E-state index in [0.29, 0.717) is 13.0 Å². The summed E-state index contributed by atoms with van der Waals surface area (Å²) in [6, 6.07) is 0. The van der Waals surface area contributed by atoms with Gasteiger partial charge in [0.05, 0.1) is 5.75 Å². The van der Waals surface area contributed by atoms with Crippen LogP contribution in [-0.4, -0.2) is 58.0 Å². The van der Waals surface area contributed by atoms with Crippen LogP contribution in [0.5, 0.6) is 0 Å². The fraction of sp³-hybridized carbons (Fsp3) is 0.833. The monoisotopic (exact) mass is 359 g/mol. The third kappa shape index (κ3) is 12.4. The molecule has 6 heteroatoms. The van der Waals surface area contributed by atoms with Crippen molar-refractivity contribution in [3.8, 4) is 0 Å². The number of hydrogen-bond donors (Lipinski definition) is 1. The molecular formula is C18H37N3O2S. The van der Waals surface area contributed by atoms with Crippen molar-refractivity contribution in [1.29, 1.82) is 0 Å². The van der Waals surface area contributed by atoms with Crippen molar-refractivity contribution < 1.29 is 8.42 Å². The second-order valence-corrected chi connectivity index (χ2v) is 9.53. The van der Waals surface area contributed by atoms with Crippen LogP contribution in [-0.2, 0) is 9.84 Å². The largest absolute Gasteiger partial charge is 0.357 e. The molecule has 0 amide bonds. The maximum absolute atomic E-state index is 11.4. The summed E-state index contributed by atoms with van der Waals surface area (Å²) in [5, 5.41) is 3.32. The van der Waals surface area contributed by atoms with Crippen molar-refractivity contribution in [3.63, 3.8) is 0 Å². The summed E-state index contributed by atoms with van der Waals surface area (Å²) in [7, 11) is -0.870. The van der Waals surface area contributed by atoms with Gasteiger partial charge in [0.25, 0.3) is 0 Å². The average Bonchev–Trinajstić information content (AvgIpc) is 2.48. The van der Waals surface area contributed by atoms with Crippen molar-refractivity contribution in [2.75, 3.05) is 38.7 Å². The summed E-state index contributed by atoms with van der Waals surface area (Å²) < 4.78 is 22.7. The van der Waals surface area contributed by atoms with Crippen LogP contribution in [0, 0.1) is 5.41 Å². The lowest BCUT2D eigenvalue weighted by Crippen LogP contribution is -2.40. The fourth-order valence-corrected chi connectivity index (χ4v) is 3.14. The molecule has 0 heterocycles. The Balaban J connectivity index is 4.54. The van der Waals surface area contributed by atoms with E-state index < -0.39 is 9.84 Å². The molecule has 0 atom stereocenters. The van der Waals surface area contributed by atoms with Gasteiger partial charge in [0.1, 0.15) is 9.84 Å². The van der Waals surface area contributed by atoms with Crippen LogP contribution in [0.4, 0.5) is 0 Å². The van der Waals surface area contributed by atoms with Crippen LogP contribution in [0.2, 0.25) is 0 Å². The van der Waals surface area contributed by atoms with Crippen LogP contribution >= 0.6 is 0 Å². The van der Waals surface area contributed by atoms with Crippen molar-refractivity contribution in [1.82, 2.24) is 10.2 Å². The molecule has 0 spiro atoms. The highest BCUT2D eigenvalue weighted by Crippen LogP contribution is 2.21. The lowest BCUT2D eigenvalue weighted by atomic mass is 9.90. The summed E-state index contributed by atoms with van der Waals surface area (Å²) in [5.41, 5.74) is -0.130. The predicted octanol–water partition coefficient (Wildman–Crippen LogP) is 3.09. The zero-order valence-corrected chi connectivity index (χ0v) is 17.1. The van der Waals surface area contributed by atoms with Crippen LogP contribution < -0.4 is 5.32 Å². The first-order valence-electron chi connectivity index (χ1n) is 8.89. The van der Waals surface area contributed by atoms with E-state index in [9.17, 15) is 8.42 Å². The van der Waals surface area contributed by atoms with E-state index >= 15 is 0 Å². The third-order valence-corrected chi connectivity index (χ3v) is 4.85. The smallest absolute Gasteiger partial charge is 0.193 e. The molecule has 0 aliphatic heterocycles. The van der Waals surface area contributed by atoms with Crippen LogP contribution in [0.15, 0.2) is 17.6 Å². The molecule has 0 unspecified atom stereocenters. The number of unbranched alkanes of at least 4 members (excludes halogenated alkanes) is 3. The normalized spacial score (nSPS) is 13.0. The van der Waals surface area contributed by atoms with E-state index in [0.717, 1.165) is 31.9 Å². The number of guanidine groups is 1. The number of nitrogens with zero attached hydrogens (tertiary/aromatic N) is 2. The van der Waals surface area contributed by atoms with Gasteiger partial charge in [0.15, 0.2) is 5.96 Å². The molecule has 142 valence electrons. The number of nitrogens with one attached hydrogen (secondary N) is 1. The van der Waals surface area contributed by atoms with E-state index in [2.05, 4.69) is 44.6 Å². The summed E-state index contributed by atoms with van der Waals surface area (Å²) >= 11 is 0. The maximum Gasteiger partial charge on any atom is 0.193 e. The number of hydrogen-bond acceptors (Lipinski definition) is 3. The van der Waals surface area contributed by atoms with E-state index in [1.54, 1.807) is 0 Å². The van der Waals surface area contributed by atoms with Gasteiger partial charge >= 0.3 is 0 Å². The lowest BCUT2D eigenvalue weighted by molar-refractivity contribution is 0.361. The zero-order chi connectivity index (χ0) is 18.6. The van der Waals surface area contributed by atoms with Crippen LogP contribution in [0.1, 0.15) is 52.9 Å². The van der Waals surface area contributed by atoms with Crippen LogP contribution in [0.25, 0.3) is 0 Å². The molecule has 5 nitrogen and oxygen atoms in total. The highest BCUT2D eigenvalue weighted by molar-refractivity contribution is 7.90. The third-order valence-electron chi connectivity index (χ3n) is 3.90. The van der Waals surface area contributed by atoms with E-state index in [1.165, 1.54) is 19.1 Å². The molecule has 0 aromatic carbocycles. The van der Waals surface area contributed by atoms with Crippen molar-refractivity contribution >= 4 is 15.8 Å². The number of allylic oxidation sites excluding steroid dienone is 1. The molecule has 0 saturated heterocycles. The van der Waals surface area contributed by atoms with Gasteiger partial charge in [0.2, 0.25) is 0 Å². The SMILES string of the molecule is C=CCCCCCN(C)C(=NCC(C)(C)CCS(C)(=O)=O)NCC. The molecule has 0 rings (SSSR count). The van der Waals surface area contributed by atoms with Crippen molar-refractivity contribution in [2.24, 2.45) is 10.4 Å². The zero-order valence-electron chi connectivity index (χ0n) is 16.3. The minimum absolute atomic E-state index is 0.130. The minimum atomic E-state index is -2.92. The molecule has 0 aliphatic rings. The second-order valence-electron chi connectivity index (χ2n) is 7.27. The molecule has 0 aliphatic carbocycles. The Morgan fingerprint density at radius 2 is 1.96 bits per heavy atom. The lowest BCUT2D eigenvalue weighted by Gasteiger charge is -2.26. The van der Waals surface area contributed by atoms with Gasteiger partial charge in [-0.25, -0.2) is 8.42 Å². The molecule has 0 saturated carbocycles. The van der Waals surface area contributed by atoms with Gasteiger partial charge in [-0.15, -0.1) is 6.58 Å². The van der Waals surface area contributed by atoms with Gasteiger partial charge in [-0.2, -0.15) is 0 Å². The summed E-state index contributed by atoms with van der Waals surface area (Å²) in [5.74, 6) is 1.11. The number of sulfone groups is 1. The average molecular weight is 360 g/mol. The first-order chi connectivity index (χ1) is 11.1. The molecular weight excluding hydrogens is 322 g/mol. The molecule has 0 fully saturated rings. The molecule has 0 aromatic heterocycles. The summed E-state index contributed by atoms with van der Waals surface area (Å²) in [4.78, 5) is 6.88. The second kappa shape index (κ2) is 11.5. The van der Waals surface area contributed by atoms with Crippen molar-refractivity contribution in [3.05, 3.63) is 12.7 Å². The van der Waals surface area contributed by atoms with Gasteiger partial charge < -0.3 is 10.2 Å². The summed E-state index contributed by atoms with van der Waals surface area (Å²) in [6.07, 6.45) is 8.46. The Bertz CT molecular complexity index is 484. The maximum atomic E-state index is 11.4. The quantitative estimate of drug-likeness (QED) is 0.252. The van der Waals surface area contributed by atoms with Gasteiger partial charge in [-0.3, -0.25) is 4.99 Å². The Kier molecular flexibility index (Phi) is 11.0. The van der Waals surface area contributed by atoms with E-state index in [1.807, 2.05) is 6.08 Å². The van der Waals surface area contributed by atoms with Gasteiger partial charge in [-0.05, 0) is 38.0 Å². The fourth-order valence-electron chi connectivity index (χ4n) is 2.22. The topological polar surface area (TPSA) is 61.8 Å². The van der Waals surface area contributed by atoms with Crippen molar-refractivity contribution in [2.45, 2.75) is 52.9 Å². The highest BCUT2D eigenvalue weighted by atomic mass is 32.2. The Morgan fingerprint density at radius 3 is 2.50 bits per heavy atom. The molecule has 24 heavy (non-hydrogen) atoms. The predicted molar refractivity (Wildman–Crippen MR) is 105 cm³/mol.